The molecule has 0 amide bonds. The maximum Gasteiger partial charge on any atom is 0.152 e. The lowest BCUT2D eigenvalue weighted by atomic mass is 10.0. The minimum atomic E-state index is 0.446. The SMILES string of the molecule is [B]c1ccc2c(C=O)c[nH]c2n1. The van der Waals surface area contributed by atoms with Crippen LogP contribution in [0.25, 0.3) is 11.0 Å². The molecular weight excluding hydrogens is 151 g/mol. The molecule has 0 aliphatic heterocycles. The van der Waals surface area contributed by atoms with Crippen LogP contribution in [0.5, 0.6) is 0 Å². The molecule has 0 aromatic carbocycles. The first-order valence-corrected chi connectivity index (χ1v) is 3.50. The van der Waals surface area contributed by atoms with Gasteiger partial charge in [0.25, 0.3) is 0 Å². The van der Waals surface area contributed by atoms with E-state index in [0.717, 1.165) is 11.7 Å². The Hall–Kier alpha value is -1.58. The second-order valence-electron chi connectivity index (χ2n) is 2.49. The molecule has 0 fully saturated rings. The number of aromatic amines is 1. The van der Waals surface area contributed by atoms with Crippen molar-refractivity contribution in [3.8, 4) is 0 Å². The molecule has 0 aliphatic carbocycles. The molecule has 0 aliphatic rings. The number of fused-ring (bicyclic) bond motifs is 1. The number of aldehydes is 1. The molecule has 2 aromatic heterocycles. The van der Waals surface area contributed by atoms with Crippen molar-refractivity contribution in [3.05, 3.63) is 23.9 Å². The molecule has 3 nitrogen and oxygen atoms in total. The lowest BCUT2D eigenvalue weighted by Gasteiger charge is -1.91. The first kappa shape index (κ1) is 7.09. The molecule has 1 N–H and O–H groups in total. The topological polar surface area (TPSA) is 45.8 Å². The lowest BCUT2D eigenvalue weighted by Crippen LogP contribution is -2.06. The number of nitrogens with zero attached hydrogens (tertiary/aromatic N) is 1. The summed E-state index contributed by atoms with van der Waals surface area (Å²) in [6, 6.07) is 3.45. The Bertz CT molecular complexity index is 436. The van der Waals surface area contributed by atoms with Gasteiger partial charge in [-0.15, -0.1) is 0 Å². The zero-order valence-corrected chi connectivity index (χ0v) is 6.24. The van der Waals surface area contributed by atoms with Crippen molar-refractivity contribution in [2.24, 2.45) is 0 Å². The van der Waals surface area contributed by atoms with Gasteiger partial charge in [-0.3, -0.25) is 4.79 Å². The van der Waals surface area contributed by atoms with E-state index in [0.29, 0.717) is 16.8 Å². The first-order valence-electron chi connectivity index (χ1n) is 3.50. The maximum absolute atomic E-state index is 10.5. The van der Waals surface area contributed by atoms with Gasteiger partial charge >= 0.3 is 0 Å². The Morgan fingerprint density at radius 2 is 2.33 bits per heavy atom. The molecule has 2 radical (unpaired) electrons. The van der Waals surface area contributed by atoms with Crippen LogP contribution in [0.2, 0.25) is 0 Å². The number of hydrogen-bond acceptors (Lipinski definition) is 2. The van der Waals surface area contributed by atoms with Gasteiger partial charge in [0.1, 0.15) is 13.5 Å². The molecule has 56 valence electrons. The van der Waals surface area contributed by atoms with E-state index < -0.39 is 0 Å². The summed E-state index contributed by atoms with van der Waals surface area (Å²) < 4.78 is 0. The Balaban J connectivity index is 2.81. The molecule has 0 bridgehead atoms. The summed E-state index contributed by atoms with van der Waals surface area (Å²) in [7, 11) is 5.46. The fourth-order valence-corrected chi connectivity index (χ4v) is 1.14. The second kappa shape index (κ2) is 2.48. The third kappa shape index (κ3) is 0.924. The zero-order chi connectivity index (χ0) is 8.55. The summed E-state index contributed by atoms with van der Waals surface area (Å²) >= 11 is 0. The molecule has 2 rings (SSSR count). The van der Waals surface area contributed by atoms with Crippen LogP contribution in [0.1, 0.15) is 10.4 Å². The highest BCUT2D eigenvalue weighted by molar-refractivity contribution is 6.31. The molecule has 2 aromatic rings. The smallest absolute Gasteiger partial charge is 0.152 e. The van der Waals surface area contributed by atoms with Crippen LogP contribution in [0, 0.1) is 0 Å². The van der Waals surface area contributed by atoms with Crippen LogP contribution in [0.4, 0.5) is 0 Å². The normalized spacial score (nSPS) is 10.3. The van der Waals surface area contributed by atoms with Gasteiger partial charge in [-0.05, 0) is 11.7 Å². The van der Waals surface area contributed by atoms with E-state index in [4.69, 9.17) is 7.85 Å². The highest BCUT2D eigenvalue weighted by atomic mass is 16.1. The Morgan fingerprint density at radius 1 is 1.50 bits per heavy atom. The molecule has 0 atom stereocenters. The van der Waals surface area contributed by atoms with E-state index in [1.807, 2.05) is 0 Å². The van der Waals surface area contributed by atoms with Gasteiger partial charge in [-0.1, -0.05) is 6.07 Å². The number of carbonyl (C=O) groups excluding carboxylic acids is 1. The number of hydrogen-bond donors (Lipinski definition) is 1. The van der Waals surface area contributed by atoms with Crippen molar-refractivity contribution >= 4 is 30.8 Å². The minimum absolute atomic E-state index is 0.446. The zero-order valence-electron chi connectivity index (χ0n) is 6.24. The summed E-state index contributed by atoms with van der Waals surface area (Å²) in [6.07, 6.45) is 2.40. The van der Waals surface area contributed by atoms with Gasteiger partial charge in [0.2, 0.25) is 0 Å². The molecular formula is C8H5BN2O. The van der Waals surface area contributed by atoms with Crippen molar-refractivity contribution in [1.29, 1.82) is 0 Å². The Labute approximate surface area is 70.2 Å². The molecule has 0 saturated carbocycles. The molecule has 4 heteroatoms. The summed E-state index contributed by atoms with van der Waals surface area (Å²) in [5, 5.41) is 0.805. The van der Waals surface area contributed by atoms with Gasteiger partial charge < -0.3 is 4.98 Å². The van der Waals surface area contributed by atoms with Crippen LogP contribution in [0.15, 0.2) is 18.3 Å². The third-order valence-corrected chi connectivity index (χ3v) is 1.72. The number of nitrogens with one attached hydrogen (secondary N) is 1. The number of carbonyl (C=O) groups is 1. The number of pyridine rings is 1. The van der Waals surface area contributed by atoms with Crippen molar-refractivity contribution in [2.75, 3.05) is 0 Å². The van der Waals surface area contributed by atoms with Gasteiger partial charge in [-0.2, -0.15) is 0 Å². The van der Waals surface area contributed by atoms with E-state index in [9.17, 15) is 4.79 Å². The third-order valence-electron chi connectivity index (χ3n) is 1.72. The van der Waals surface area contributed by atoms with E-state index >= 15 is 0 Å². The van der Waals surface area contributed by atoms with E-state index in [1.165, 1.54) is 0 Å². The number of aromatic nitrogens is 2. The van der Waals surface area contributed by atoms with Crippen LogP contribution in [-0.4, -0.2) is 24.1 Å². The molecule has 12 heavy (non-hydrogen) atoms. The molecule has 0 saturated heterocycles. The standard InChI is InChI=1S/C8H5BN2O/c9-7-2-1-6-5(4-12)3-10-8(6)11-7/h1-4H,(H,10,11). The van der Waals surface area contributed by atoms with E-state index in [2.05, 4.69) is 9.97 Å². The Morgan fingerprint density at radius 3 is 3.08 bits per heavy atom. The number of H-pyrrole nitrogens is 1. The average Bonchev–Trinajstić information content (AvgIpc) is 2.46. The van der Waals surface area contributed by atoms with Crippen LogP contribution >= 0.6 is 0 Å². The van der Waals surface area contributed by atoms with E-state index in [1.54, 1.807) is 18.3 Å². The highest BCUT2D eigenvalue weighted by Crippen LogP contribution is 2.11. The predicted molar refractivity (Wildman–Crippen MR) is 46.9 cm³/mol. The maximum atomic E-state index is 10.5. The fourth-order valence-electron chi connectivity index (χ4n) is 1.14. The summed E-state index contributed by atoms with van der Waals surface area (Å²) in [5.41, 5.74) is 1.70. The second-order valence-corrected chi connectivity index (χ2v) is 2.49. The van der Waals surface area contributed by atoms with Crippen molar-refractivity contribution in [3.63, 3.8) is 0 Å². The molecule has 0 spiro atoms. The lowest BCUT2D eigenvalue weighted by molar-refractivity contribution is 0.112. The monoisotopic (exact) mass is 156 g/mol. The highest BCUT2D eigenvalue weighted by Gasteiger charge is 2.01. The predicted octanol–water partition coefficient (Wildman–Crippen LogP) is 0.169. The van der Waals surface area contributed by atoms with Gasteiger partial charge in [0, 0.05) is 17.1 Å². The largest absolute Gasteiger partial charge is 0.345 e. The average molecular weight is 156 g/mol. The van der Waals surface area contributed by atoms with Crippen LogP contribution in [0.3, 0.4) is 0 Å². The summed E-state index contributed by atoms with van der Waals surface area (Å²) in [5.74, 6) is 0. The number of rotatable bonds is 1. The van der Waals surface area contributed by atoms with Gasteiger partial charge in [0.05, 0.1) is 0 Å². The van der Waals surface area contributed by atoms with Gasteiger partial charge in [0.15, 0.2) is 6.29 Å². The van der Waals surface area contributed by atoms with Crippen molar-refractivity contribution in [2.45, 2.75) is 0 Å². The Kier molecular flexibility index (Phi) is 1.47. The molecule has 2 heterocycles. The molecule has 0 unspecified atom stereocenters. The minimum Gasteiger partial charge on any atom is -0.345 e. The summed E-state index contributed by atoms with van der Waals surface area (Å²) in [6.45, 7) is 0. The fraction of sp³-hybridized carbons (Fsp3) is 0. The quantitative estimate of drug-likeness (QED) is 0.472. The first-order chi connectivity index (χ1) is 5.81. The van der Waals surface area contributed by atoms with E-state index in [-0.39, 0.29) is 0 Å². The van der Waals surface area contributed by atoms with Crippen molar-refractivity contribution < 1.29 is 4.79 Å². The summed E-state index contributed by atoms with van der Waals surface area (Å²) in [4.78, 5) is 17.4. The van der Waals surface area contributed by atoms with Gasteiger partial charge in [-0.25, -0.2) is 4.98 Å². The van der Waals surface area contributed by atoms with Crippen LogP contribution < -0.4 is 5.59 Å². The van der Waals surface area contributed by atoms with Crippen LogP contribution in [-0.2, 0) is 0 Å². The van der Waals surface area contributed by atoms with Crippen molar-refractivity contribution in [1.82, 2.24) is 9.97 Å².